The maximum atomic E-state index is 4.74. The summed E-state index contributed by atoms with van der Waals surface area (Å²) >= 11 is 0. The largest absolute Gasteiger partial charge is 0.368 e. The summed E-state index contributed by atoms with van der Waals surface area (Å²) in [5.41, 5.74) is 2.21. The van der Waals surface area contributed by atoms with Crippen LogP contribution in [0, 0.1) is 0 Å². The van der Waals surface area contributed by atoms with Crippen LogP contribution in [0.5, 0.6) is 0 Å². The van der Waals surface area contributed by atoms with Gasteiger partial charge < -0.3 is 9.88 Å². The average molecular weight is 334 g/mol. The van der Waals surface area contributed by atoms with E-state index in [2.05, 4.69) is 42.9 Å². The zero-order chi connectivity index (χ0) is 17.1. The van der Waals surface area contributed by atoms with Crippen LogP contribution in [0.2, 0.25) is 0 Å². The van der Waals surface area contributed by atoms with E-state index in [1.807, 2.05) is 18.2 Å². The molecule has 0 radical (unpaired) electrons. The normalized spacial score (nSPS) is 11.1. The van der Waals surface area contributed by atoms with Crippen molar-refractivity contribution >= 4 is 16.9 Å². The zero-order valence-corrected chi connectivity index (χ0v) is 13.9. The Kier molecular flexibility index (Phi) is 4.07. The molecular weight excluding hydrogens is 316 g/mol. The molecular formula is C17H18N8. The highest BCUT2D eigenvalue weighted by Gasteiger charge is 2.09. The molecule has 1 N–H and O–H groups in total. The van der Waals surface area contributed by atoms with Crippen molar-refractivity contribution in [2.24, 2.45) is 0 Å². The van der Waals surface area contributed by atoms with Gasteiger partial charge in [-0.25, -0.2) is 19.6 Å². The van der Waals surface area contributed by atoms with Crippen LogP contribution in [0.25, 0.3) is 16.9 Å². The van der Waals surface area contributed by atoms with Crippen molar-refractivity contribution in [3.05, 3.63) is 55.1 Å². The maximum absolute atomic E-state index is 4.74. The number of anilines is 1. The minimum absolute atomic E-state index is 0.628. The van der Waals surface area contributed by atoms with E-state index in [0.717, 1.165) is 30.9 Å². The number of aromatic nitrogens is 7. The van der Waals surface area contributed by atoms with Crippen LogP contribution in [0.15, 0.2) is 49.3 Å². The lowest BCUT2D eigenvalue weighted by Crippen LogP contribution is -2.12. The molecule has 3 aromatic heterocycles. The summed E-state index contributed by atoms with van der Waals surface area (Å²) in [4.78, 5) is 17.4. The predicted octanol–water partition coefficient (Wildman–Crippen LogP) is 2.08. The lowest BCUT2D eigenvalue weighted by molar-refractivity contribution is 0.716. The summed E-state index contributed by atoms with van der Waals surface area (Å²) in [6.45, 7) is 3.76. The van der Waals surface area contributed by atoms with Crippen LogP contribution in [0.3, 0.4) is 0 Å². The van der Waals surface area contributed by atoms with Crippen LogP contribution >= 0.6 is 0 Å². The number of aryl methyl sites for hydroxylation is 1. The maximum Gasteiger partial charge on any atom is 0.175 e. The zero-order valence-electron chi connectivity index (χ0n) is 13.9. The van der Waals surface area contributed by atoms with Crippen LogP contribution in [0.1, 0.15) is 12.7 Å². The third kappa shape index (κ3) is 3.06. The Morgan fingerprint density at radius 2 is 2.00 bits per heavy atom. The fourth-order valence-corrected chi connectivity index (χ4v) is 2.85. The molecule has 1 aromatic carbocycles. The minimum atomic E-state index is 0.628. The molecule has 126 valence electrons. The second-order valence-electron chi connectivity index (χ2n) is 5.54. The van der Waals surface area contributed by atoms with E-state index in [-0.39, 0.29) is 0 Å². The first kappa shape index (κ1) is 15.3. The van der Waals surface area contributed by atoms with Crippen LogP contribution in [0.4, 0.5) is 5.82 Å². The molecule has 0 aliphatic carbocycles. The molecule has 3 heterocycles. The third-order valence-corrected chi connectivity index (χ3v) is 3.98. The van der Waals surface area contributed by atoms with Gasteiger partial charge in [0.05, 0.1) is 23.4 Å². The second kappa shape index (κ2) is 6.68. The molecule has 0 bridgehead atoms. The van der Waals surface area contributed by atoms with Gasteiger partial charge in [-0.2, -0.15) is 5.10 Å². The number of imidazole rings is 1. The Hall–Kier alpha value is -3.29. The highest BCUT2D eigenvalue weighted by atomic mass is 15.3. The summed E-state index contributed by atoms with van der Waals surface area (Å²) in [6.07, 6.45) is 7.21. The first-order valence-corrected chi connectivity index (χ1v) is 8.20. The van der Waals surface area contributed by atoms with Gasteiger partial charge in [0.2, 0.25) is 0 Å². The van der Waals surface area contributed by atoms with E-state index in [0.29, 0.717) is 11.6 Å². The van der Waals surface area contributed by atoms with E-state index in [1.54, 1.807) is 23.4 Å². The van der Waals surface area contributed by atoms with Gasteiger partial charge in [0.15, 0.2) is 5.82 Å². The standard InChI is InChI=1S/C17H18N8/c1-2-24-14-6-4-3-5-13(14)22-16(24)7-8-20-15-9-18-10-17(23-15)25-12-19-11-21-25/h3-6,9-12H,2,7-8H2,1H3,(H,20,23). The number of hydrogen-bond acceptors (Lipinski definition) is 6. The van der Waals surface area contributed by atoms with Crippen molar-refractivity contribution in [1.82, 2.24) is 34.3 Å². The Labute approximate surface area is 144 Å². The molecule has 0 aliphatic rings. The minimum Gasteiger partial charge on any atom is -0.368 e. The van der Waals surface area contributed by atoms with Gasteiger partial charge >= 0.3 is 0 Å². The van der Waals surface area contributed by atoms with Gasteiger partial charge in [0, 0.05) is 19.5 Å². The fraction of sp³-hybridized carbons (Fsp3) is 0.235. The van der Waals surface area contributed by atoms with Crippen molar-refractivity contribution in [2.45, 2.75) is 19.9 Å². The summed E-state index contributed by atoms with van der Waals surface area (Å²) in [7, 11) is 0. The number of nitrogens with one attached hydrogen (secondary N) is 1. The molecule has 25 heavy (non-hydrogen) atoms. The van der Waals surface area contributed by atoms with Crippen LogP contribution in [-0.2, 0) is 13.0 Å². The molecule has 0 unspecified atom stereocenters. The quantitative estimate of drug-likeness (QED) is 0.581. The van der Waals surface area contributed by atoms with Gasteiger partial charge in [0.1, 0.15) is 24.3 Å². The molecule has 8 heteroatoms. The van der Waals surface area contributed by atoms with Gasteiger partial charge in [-0.1, -0.05) is 12.1 Å². The lowest BCUT2D eigenvalue weighted by atomic mass is 10.3. The number of nitrogens with zero attached hydrogens (tertiary/aromatic N) is 7. The summed E-state index contributed by atoms with van der Waals surface area (Å²) in [6, 6.07) is 8.22. The molecule has 0 aliphatic heterocycles. The highest BCUT2D eigenvalue weighted by Crippen LogP contribution is 2.16. The molecule has 0 amide bonds. The van der Waals surface area contributed by atoms with Crippen LogP contribution in [-0.4, -0.2) is 40.8 Å². The van der Waals surface area contributed by atoms with E-state index in [9.17, 15) is 0 Å². The predicted molar refractivity (Wildman–Crippen MR) is 94.5 cm³/mol. The Balaban J connectivity index is 1.47. The number of fused-ring (bicyclic) bond motifs is 1. The smallest absolute Gasteiger partial charge is 0.175 e. The molecule has 0 saturated carbocycles. The number of para-hydroxylation sites is 2. The highest BCUT2D eigenvalue weighted by molar-refractivity contribution is 5.75. The van der Waals surface area contributed by atoms with Crippen molar-refractivity contribution in [2.75, 3.05) is 11.9 Å². The van der Waals surface area contributed by atoms with E-state index in [4.69, 9.17) is 4.98 Å². The molecule has 8 nitrogen and oxygen atoms in total. The number of rotatable bonds is 6. The molecule has 0 atom stereocenters. The average Bonchev–Trinajstić information content (AvgIpc) is 3.29. The van der Waals surface area contributed by atoms with Crippen molar-refractivity contribution < 1.29 is 0 Å². The summed E-state index contributed by atoms with van der Waals surface area (Å²) < 4.78 is 3.82. The van der Waals surface area contributed by atoms with Crippen molar-refractivity contribution in [3.8, 4) is 5.82 Å². The number of hydrogen-bond donors (Lipinski definition) is 1. The monoisotopic (exact) mass is 334 g/mol. The van der Waals surface area contributed by atoms with E-state index in [1.165, 1.54) is 11.8 Å². The third-order valence-electron chi connectivity index (χ3n) is 3.98. The lowest BCUT2D eigenvalue weighted by Gasteiger charge is -2.08. The Morgan fingerprint density at radius 3 is 2.84 bits per heavy atom. The second-order valence-corrected chi connectivity index (χ2v) is 5.54. The van der Waals surface area contributed by atoms with Crippen molar-refractivity contribution in [1.29, 1.82) is 0 Å². The van der Waals surface area contributed by atoms with Crippen molar-refractivity contribution in [3.63, 3.8) is 0 Å². The van der Waals surface area contributed by atoms with E-state index < -0.39 is 0 Å². The van der Waals surface area contributed by atoms with Gasteiger partial charge in [-0.15, -0.1) is 0 Å². The van der Waals surface area contributed by atoms with Crippen LogP contribution < -0.4 is 5.32 Å². The Bertz CT molecular complexity index is 973. The molecule has 0 saturated heterocycles. The summed E-state index contributed by atoms with van der Waals surface area (Å²) in [5, 5.41) is 7.37. The first-order chi connectivity index (χ1) is 12.3. The van der Waals surface area contributed by atoms with Gasteiger partial charge in [-0.05, 0) is 19.1 Å². The van der Waals surface area contributed by atoms with Gasteiger partial charge in [-0.3, -0.25) is 4.98 Å². The molecule has 4 aromatic rings. The molecule has 0 fully saturated rings. The topological polar surface area (TPSA) is 86.3 Å². The fourth-order valence-electron chi connectivity index (χ4n) is 2.85. The Morgan fingerprint density at radius 1 is 1.08 bits per heavy atom. The SMILES string of the molecule is CCn1c(CCNc2cncc(-n3cncn3)n2)nc2ccccc21. The first-order valence-electron chi connectivity index (χ1n) is 8.20. The molecule has 0 spiro atoms. The molecule has 4 rings (SSSR count). The number of benzene rings is 1. The van der Waals surface area contributed by atoms with E-state index >= 15 is 0 Å². The van der Waals surface area contributed by atoms with Gasteiger partial charge in [0.25, 0.3) is 0 Å². The summed E-state index contributed by atoms with van der Waals surface area (Å²) in [5.74, 6) is 2.40.